The van der Waals surface area contributed by atoms with Crippen LogP contribution in [0.4, 0.5) is 0 Å². The Balaban J connectivity index is 0.997. The molecule has 73 heavy (non-hydrogen) atoms. The molecule has 0 aliphatic heterocycles. The minimum absolute atomic E-state index is 0.156. The summed E-state index contributed by atoms with van der Waals surface area (Å²) in [5.41, 5.74) is 6.23. The fourth-order valence-electron chi connectivity index (χ4n) is 9.33. The fraction of sp³-hybridized carbons (Fsp3) is 0. The van der Waals surface area contributed by atoms with Gasteiger partial charge in [-0.1, -0.05) is 206 Å². The number of hydrogen-bond acceptors (Lipinski definition) is 4. The summed E-state index contributed by atoms with van der Waals surface area (Å²) in [7, 11) is 0. The number of hydrogen-bond donors (Lipinski definition) is 0. The van der Waals surface area contributed by atoms with Crippen molar-refractivity contribution in [3.05, 3.63) is 260 Å². The number of fused-ring (bicyclic) bond motifs is 9. The van der Waals surface area contributed by atoms with Crippen LogP contribution >= 0.6 is 0 Å². The molecule has 4 heteroatoms. The van der Waals surface area contributed by atoms with Gasteiger partial charge in [0.05, 0.1) is 23.3 Å². The van der Waals surface area contributed by atoms with Gasteiger partial charge in [0.2, 0.25) is 0 Å². The molecular formula is C69H43N3O. The van der Waals surface area contributed by atoms with Crippen LogP contribution < -0.4 is 0 Å². The molecule has 0 aliphatic carbocycles. The molecule has 2 aromatic heterocycles. The van der Waals surface area contributed by atoms with Gasteiger partial charge in [0.1, 0.15) is 11.2 Å². The normalized spacial score (nSPS) is 14.8. The van der Waals surface area contributed by atoms with E-state index in [1.54, 1.807) is 0 Å². The zero-order valence-corrected chi connectivity index (χ0v) is 38.3. The topological polar surface area (TPSA) is 51.8 Å². The van der Waals surface area contributed by atoms with E-state index in [1.165, 1.54) is 0 Å². The van der Waals surface area contributed by atoms with Crippen molar-refractivity contribution in [2.75, 3.05) is 0 Å². The quantitative estimate of drug-likeness (QED) is 0.142. The highest BCUT2D eigenvalue weighted by Gasteiger charge is 2.18. The first kappa shape index (κ1) is 28.2. The molecule has 12 aromatic carbocycles. The highest BCUT2D eigenvalue weighted by Crippen LogP contribution is 2.40. The van der Waals surface area contributed by atoms with Crippen LogP contribution in [0.2, 0.25) is 0 Å². The SMILES string of the molecule is [2H]c1c(-c2c([2H])c([2H])c3c4c([2H])c([2H])c([2H])c([2H])c4c4c([2H])c([2H])c([2H])c([2H])c4c3c2[2H])c([2H])c2c(oc3c([2H])c(-c4nc(-c5ccc(-c6cccc(-c7ccccc7)c6)cc5)nc(-c5cc(-c6ccccc6)cc(-c6ccccc6)c5)n4)c([2H])c([2H])c32)c1[2H]. The average Bonchev–Trinajstić information content (AvgIpc) is 0.822. The van der Waals surface area contributed by atoms with Gasteiger partial charge in [-0.3, -0.25) is 0 Å². The highest BCUT2D eigenvalue weighted by molar-refractivity contribution is 6.25. The number of nitrogens with zero attached hydrogens (tertiary/aromatic N) is 3. The molecule has 0 spiro atoms. The number of rotatable bonds is 8. The molecule has 4 nitrogen and oxygen atoms in total. The average molecular weight is 947 g/mol. The van der Waals surface area contributed by atoms with E-state index in [1.807, 2.05) is 146 Å². The molecule has 2 heterocycles. The molecule has 340 valence electrons. The van der Waals surface area contributed by atoms with Gasteiger partial charge in [-0.25, -0.2) is 15.0 Å². The Hall–Kier alpha value is -9.77. The maximum atomic E-state index is 9.90. The van der Waals surface area contributed by atoms with E-state index in [0.717, 1.165) is 44.5 Å². The number of furan rings is 1. The van der Waals surface area contributed by atoms with Gasteiger partial charge in [0.25, 0.3) is 0 Å². The van der Waals surface area contributed by atoms with E-state index >= 15 is 0 Å². The third-order valence-electron chi connectivity index (χ3n) is 12.9. The molecule has 0 amide bonds. The van der Waals surface area contributed by atoms with E-state index in [-0.39, 0.29) is 44.8 Å². The predicted molar refractivity (Wildman–Crippen MR) is 303 cm³/mol. The summed E-state index contributed by atoms with van der Waals surface area (Å²) in [6.07, 6.45) is 0. The van der Waals surface area contributed by atoms with Gasteiger partial charge in [0.15, 0.2) is 17.5 Å². The summed E-state index contributed by atoms with van der Waals surface area (Å²) < 4.78 is 164. The Kier molecular flexibility index (Phi) is 6.78. The van der Waals surface area contributed by atoms with Crippen LogP contribution in [0, 0.1) is 0 Å². The third-order valence-corrected chi connectivity index (χ3v) is 12.9. The smallest absolute Gasteiger partial charge is 0.164 e. The summed E-state index contributed by atoms with van der Waals surface area (Å²) in [5.74, 6) is 0.123. The molecule has 0 N–H and O–H groups in total. The summed E-state index contributed by atoms with van der Waals surface area (Å²) in [6, 6.07) is 39.1. The fourth-order valence-corrected chi connectivity index (χ4v) is 9.33. The maximum absolute atomic E-state index is 9.90. The van der Waals surface area contributed by atoms with E-state index in [4.69, 9.17) is 30.3 Å². The van der Waals surface area contributed by atoms with Crippen LogP contribution in [0.5, 0.6) is 0 Å². The molecule has 0 fully saturated rings. The lowest BCUT2D eigenvalue weighted by molar-refractivity contribution is 0.669. The molecule has 0 atom stereocenters. The van der Waals surface area contributed by atoms with Crippen molar-refractivity contribution in [1.82, 2.24) is 15.0 Å². The highest BCUT2D eigenvalue weighted by atomic mass is 16.3. The molecular weight excluding hydrogens is 887 g/mol. The zero-order valence-electron chi connectivity index (χ0n) is 55.3. The van der Waals surface area contributed by atoms with Crippen molar-refractivity contribution in [2.45, 2.75) is 0 Å². The largest absolute Gasteiger partial charge is 0.456 e. The summed E-state index contributed by atoms with van der Waals surface area (Å²) >= 11 is 0. The van der Waals surface area contributed by atoms with Crippen molar-refractivity contribution >= 4 is 54.3 Å². The van der Waals surface area contributed by atoms with Gasteiger partial charge < -0.3 is 4.42 Å². The first-order valence-electron chi connectivity index (χ1n) is 31.9. The minimum Gasteiger partial charge on any atom is -0.456 e. The summed E-state index contributed by atoms with van der Waals surface area (Å²) in [5, 5.41) is -3.08. The molecule has 14 aromatic rings. The van der Waals surface area contributed by atoms with Gasteiger partial charge in [-0.2, -0.15) is 0 Å². The van der Waals surface area contributed by atoms with Crippen LogP contribution in [0.1, 0.15) is 23.3 Å². The molecule has 0 bridgehead atoms. The maximum Gasteiger partial charge on any atom is 0.164 e. The van der Waals surface area contributed by atoms with Crippen molar-refractivity contribution in [3.63, 3.8) is 0 Å². The lowest BCUT2D eigenvalue weighted by Crippen LogP contribution is -2.00. The van der Waals surface area contributed by atoms with E-state index in [9.17, 15) is 12.3 Å². The lowest BCUT2D eigenvalue weighted by atomic mass is 9.92. The Labute approximate surface area is 446 Å². The minimum atomic E-state index is -0.829. The van der Waals surface area contributed by atoms with Crippen LogP contribution in [0.15, 0.2) is 265 Å². The lowest BCUT2D eigenvalue weighted by Gasteiger charge is -2.13. The third kappa shape index (κ3) is 7.70. The van der Waals surface area contributed by atoms with Crippen molar-refractivity contribution in [2.24, 2.45) is 0 Å². The van der Waals surface area contributed by atoms with Crippen LogP contribution in [-0.2, 0) is 0 Å². The van der Waals surface area contributed by atoms with Crippen molar-refractivity contribution in [3.8, 4) is 89.8 Å². The van der Waals surface area contributed by atoms with Crippen molar-refractivity contribution < 1.29 is 27.7 Å². The van der Waals surface area contributed by atoms with Crippen LogP contribution in [0.3, 0.4) is 0 Å². The second-order valence-electron chi connectivity index (χ2n) is 17.4. The predicted octanol–water partition coefficient (Wildman–Crippen LogP) is 18.6. The molecule has 14 rings (SSSR count). The van der Waals surface area contributed by atoms with E-state index in [2.05, 4.69) is 12.1 Å². The first-order chi connectivity index (χ1) is 43.2. The Morgan fingerprint density at radius 3 is 1.23 bits per heavy atom. The molecule has 0 unspecified atom stereocenters. The van der Waals surface area contributed by atoms with Gasteiger partial charge in [-0.15, -0.1) is 0 Å². The molecule has 0 saturated carbocycles. The van der Waals surface area contributed by atoms with Gasteiger partial charge >= 0.3 is 0 Å². The Morgan fingerprint density at radius 2 is 0.644 bits per heavy atom. The second kappa shape index (κ2) is 17.6. The van der Waals surface area contributed by atoms with E-state index in [0.29, 0.717) is 11.1 Å². The number of benzene rings is 12. The summed E-state index contributed by atoms with van der Waals surface area (Å²) in [6.45, 7) is 0. The van der Waals surface area contributed by atoms with Gasteiger partial charge in [-0.05, 0) is 142 Å². The second-order valence-corrected chi connectivity index (χ2v) is 17.4. The molecule has 0 aliphatic rings. The Morgan fingerprint density at radius 1 is 0.247 bits per heavy atom. The standard InChI is InChI=1S/C69H43N3O/c1-4-15-44(16-5-1)49-21-14-22-50(37-49)47-27-29-48(30-28-47)67-70-68(72-69(71-67)56-39-54(45-17-6-2-7-18-45)38-55(40-56)46-19-8-3-9-20-46)53-32-35-62-64-42-52(33-36-65(64)73-66(62)43-53)51-31-34-61-59-25-11-10-23-57(59)58-24-12-13-26-60(58)63(61)41-51/h1-43H/i10D,11D,12D,13D,23D,24D,25D,26D,31D,32D,33D,34D,35D,36D,41D,42D,43D. The Bertz CT molecular complexity index is 5330. The van der Waals surface area contributed by atoms with Gasteiger partial charge in [0, 0.05) is 27.5 Å². The van der Waals surface area contributed by atoms with Crippen molar-refractivity contribution in [1.29, 1.82) is 0 Å². The first-order valence-corrected chi connectivity index (χ1v) is 23.4. The summed E-state index contributed by atoms with van der Waals surface area (Å²) in [4.78, 5) is 15.0. The number of aromatic nitrogens is 3. The zero-order chi connectivity index (χ0) is 63.0. The van der Waals surface area contributed by atoms with Crippen LogP contribution in [-0.4, -0.2) is 15.0 Å². The molecule has 0 radical (unpaired) electrons. The molecule has 0 saturated heterocycles. The van der Waals surface area contributed by atoms with E-state index < -0.39 is 146 Å². The monoisotopic (exact) mass is 946 g/mol. The van der Waals surface area contributed by atoms with Crippen LogP contribution in [0.25, 0.3) is 144 Å².